The molecule has 0 saturated carbocycles. The van der Waals surface area contributed by atoms with E-state index >= 15 is 0 Å². The van der Waals surface area contributed by atoms with Crippen LogP contribution in [0.15, 0.2) is 48.5 Å². The van der Waals surface area contributed by atoms with Crippen LogP contribution in [0.5, 0.6) is 5.75 Å². The third-order valence-corrected chi connectivity index (χ3v) is 3.30. The van der Waals surface area contributed by atoms with E-state index in [1.807, 2.05) is 24.3 Å². The lowest BCUT2D eigenvalue weighted by Gasteiger charge is -2.10. The first kappa shape index (κ1) is 16.5. The summed E-state index contributed by atoms with van der Waals surface area (Å²) in [6.07, 6.45) is 0.946. The predicted molar refractivity (Wildman–Crippen MR) is 87.7 cm³/mol. The van der Waals surface area contributed by atoms with E-state index < -0.39 is 5.97 Å². The molecule has 0 aromatic heterocycles. The predicted octanol–water partition coefficient (Wildman–Crippen LogP) is 3.05. The number of nitrogens with one attached hydrogen (secondary N) is 1. The molecule has 1 N–H and O–H groups in total. The number of para-hydroxylation sites is 1. The van der Waals surface area contributed by atoms with E-state index in [-0.39, 0.29) is 18.1 Å². The highest BCUT2D eigenvalue weighted by Crippen LogP contribution is 2.19. The number of methoxy groups -OCH3 is 1. The number of carbonyl (C=O) groups excluding carboxylic acids is 2. The van der Waals surface area contributed by atoms with Crippen molar-refractivity contribution in [3.63, 3.8) is 0 Å². The minimum absolute atomic E-state index is 0.191. The molecule has 0 heterocycles. The molecular formula is C18H19NO4. The molecule has 0 radical (unpaired) electrons. The minimum Gasteiger partial charge on any atom is -0.483 e. The number of ether oxygens (including phenoxy) is 2. The number of hydrogen-bond donors (Lipinski definition) is 1. The van der Waals surface area contributed by atoms with Crippen LogP contribution in [0.2, 0.25) is 0 Å². The summed E-state index contributed by atoms with van der Waals surface area (Å²) in [7, 11) is 1.30. The number of benzene rings is 2. The van der Waals surface area contributed by atoms with Gasteiger partial charge in [0.2, 0.25) is 0 Å². The van der Waals surface area contributed by atoms with Crippen LogP contribution in [-0.2, 0) is 16.0 Å². The van der Waals surface area contributed by atoms with Gasteiger partial charge >= 0.3 is 5.97 Å². The van der Waals surface area contributed by atoms with Crippen molar-refractivity contribution in [2.45, 2.75) is 13.3 Å². The van der Waals surface area contributed by atoms with Gasteiger partial charge < -0.3 is 14.8 Å². The van der Waals surface area contributed by atoms with Crippen LogP contribution < -0.4 is 10.1 Å². The number of rotatable bonds is 6. The highest BCUT2D eigenvalue weighted by atomic mass is 16.5. The molecular weight excluding hydrogens is 294 g/mol. The summed E-state index contributed by atoms with van der Waals surface area (Å²) in [6.45, 7) is 1.88. The zero-order chi connectivity index (χ0) is 16.7. The first-order valence-corrected chi connectivity index (χ1v) is 7.33. The summed E-state index contributed by atoms with van der Waals surface area (Å²) in [6, 6.07) is 14.3. The molecule has 120 valence electrons. The number of aryl methyl sites for hydroxylation is 1. The Morgan fingerprint density at radius 2 is 1.74 bits per heavy atom. The lowest BCUT2D eigenvalue weighted by Crippen LogP contribution is -2.21. The van der Waals surface area contributed by atoms with Crippen molar-refractivity contribution in [3.8, 4) is 5.75 Å². The summed E-state index contributed by atoms with van der Waals surface area (Å²) < 4.78 is 10.1. The van der Waals surface area contributed by atoms with Crippen molar-refractivity contribution in [2.75, 3.05) is 19.0 Å². The second-order valence-corrected chi connectivity index (χ2v) is 4.88. The molecule has 0 aliphatic rings. The molecule has 23 heavy (non-hydrogen) atoms. The fraction of sp³-hybridized carbons (Fsp3) is 0.222. The van der Waals surface area contributed by atoms with Crippen LogP contribution >= 0.6 is 0 Å². The van der Waals surface area contributed by atoms with Gasteiger partial charge in [0.15, 0.2) is 6.61 Å². The Bertz CT molecular complexity index is 680. The Labute approximate surface area is 135 Å². The van der Waals surface area contributed by atoms with Crippen LogP contribution in [0.1, 0.15) is 22.8 Å². The van der Waals surface area contributed by atoms with Gasteiger partial charge in [0, 0.05) is 5.69 Å². The topological polar surface area (TPSA) is 64.6 Å². The van der Waals surface area contributed by atoms with Crippen LogP contribution in [0.25, 0.3) is 0 Å². The summed E-state index contributed by atoms with van der Waals surface area (Å²) >= 11 is 0. The molecule has 0 unspecified atom stereocenters. The molecule has 0 spiro atoms. The van der Waals surface area contributed by atoms with Crippen molar-refractivity contribution in [1.82, 2.24) is 0 Å². The number of hydrogen-bond acceptors (Lipinski definition) is 4. The summed E-state index contributed by atoms with van der Waals surface area (Å²) in [5.74, 6) is -0.485. The fourth-order valence-corrected chi connectivity index (χ4v) is 2.04. The van der Waals surface area contributed by atoms with Gasteiger partial charge in [-0.3, -0.25) is 4.79 Å². The third kappa shape index (κ3) is 4.57. The van der Waals surface area contributed by atoms with Crippen molar-refractivity contribution in [2.24, 2.45) is 0 Å². The SMILES string of the molecule is CCc1ccc(NC(=O)COc2ccccc2C(=O)OC)cc1. The molecule has 0 saturated heterocycles. The highest BCUT2D eigenvalue weighted by molar-refractivity contribution is 5.94. The largest absolute Gasteiger partial charge is 0.483 e. The van der Waals surface area contributed by atoms with Crippen molar-refractivity contribution < 1.29 is 19.1 Å². The van der Waals surface area contributed by atoms with E-state index in [2.05, 4.69) is 17.0 Å². The van der Waals surface area contributed by atoms with Crippen molar-refractivity contribution in [3.05, 3.63) is 59.7 Å². The van der Waals surface area contributed by atoms with Crippen LogP contribution in [0, 0.1) is 0 Å². The van der Waals surface area contributed by atoms with E-state index in [4.69, 9.17) is 4.74 Å². The number of esters is 1. The van der Waals surface area contributed by atoms with E-state index in [1.54, 1.807) is 24.3 Å². The van der Waals surface area contributed by atoms with Gasteiger partial charge in [-0.25, -0.2) is 4.79 Å². The molecule has 0 fully saturated rings. The molecule has 0 atom stereocenters. The monoisotopic (exact) mass is 313 g/mol. The summed E-state index contributed by atoms with van der Waals surface area (Å²) in [5, 5.41) is 2.75. The van der Waals surface area contributed by atoms with Crippen molar-refractivity contribution >= 4 is 17.6 Å². The summed E-state index contributed by atoms with van der Waals surface area (Å²) in [5.41, 5.74) is 2.19. The number of carbonyl (C=O) groups is 2. The average Bonchev–Trinajstić information content (AvgIpc) is 2.60. The molecule has 2 aromatic carbocycles. The molecule has 5 heteroatoms. The Kier molecular flexibility index (Phi) is 5.74. The third-order valence-electron chi connectivity index (χ3n) is 3.30. The normalized spacial score (nSPS) is 10.0. The van der Waals surface area contributed by atoms with Gasteiger partial charge in [0.05, 0.1) is 7.11 Å². The van der Waals surface area contributed by atoms with Gasteiger partial charge in [-0.05, 0) is 36.2 Å². The standard InChI is InChI=1S/C18H19NO4/c1-3-13-8-10-14(11-9-13)19-17(20)12-23-16-7-5-4-6-15(16)18(21)22-2/h4-11H,3,12H2,1-2H3,(H,19,20). The average molecular weight is 313 g/mol. The Morgan fingerprint density at radius 1 is 1.04 bits per heavy atom. The second kappa shape index (κ2) is 7.98. The van der Waals surface area contributed by atoms with Gasteiger partial charge in [0.25, 0.3) is 5.91 Å². The lowest BCUT2D eigenvalue weighted by molar-refractivity contribution is -0.118. The Morgan fingerprint density at radius 3 is 2.39 bits per heavy atom. The van der Waals surface area contributed by atoms with Gasteiger partial charge in [-0.15, -0.1) is 0 Å². The maximum absolute atomic E-state index is 11.9. The molecule has 2 aromatic rings. The van der Waals surface area contributed by atoms with Gasteiger partial charge in [-0.2, -0.15) is 0 Å². The first-order valence-electron chi connectivity index (χ1n) is 7.33. The zero-order valence-electron chi connectivity index (χ0n) is 13.2. The van der Waals surface area contributed by atoms with Crippen LogP contribution in [-0.4, -0.2) is 25.6 Å². The van der Waals surface area contributed by atoms with Gasteiger partial charge in [0.1, 0.15) is 11.3 Å². The molecule has 2 rings (SSSR count). The zero-order valence-corrected chi connectivity index (χ0v) is 13.2. The minimum atomic E-state index is -0.504. The smallest absolute Gasteiger partial charge is 0.341 e. The Balaban J connectivity index is 1.95. The number of amides is 1. The second-order valence-electron chi connectivity index (χ2n) is 4.88. The van der Waals surface area contributed by atoms with E-state index in [9.17, 15) is 9.59 Å². The molecule has 5 nitrogen and oxygen atoms in total. The van der Waals surface area contributed by atoms with Crippen LogP contribution in [0.3, 0.4) is 0 Å². The number of anilines is 1. The summed E-state index contributed by atoms with van der Waals surface area (Å²) in [4.78, 5) is 23.6. The van der Waals surface area contributed by atoms with E-state index in [0.717, 1.165) is 6.42 Å². The Hall–Kier alpha value is -2.82. The van der Waals surface area contributed by atoms with E-state index in [1.165, 1.54) is 12.7 Å². The lowest BCUT2D eigenvalue weighted by atomic mass is 10.1. The van der Waals surface area contributed by atoms with Crippen LogP contribution in [0.4, 0.5) is 5.69 Å². The van der Waals surface area contributed by atoms with Gasteiger partial charge in [-0.1, -0.05) is 31.2 Å². The fourth-order valence-electron chi connectivity index (χ4n) is 2.04. The molecule has 0 bridgehead atoms. The highest BCUT2D eigenvalue weighted by Gasteiger charge is 2.13. The maximum Gasteiger partial charge on any atom is 0.341 e. The molecule has 0 aliphatic heterocycles. The van der Waals surface area contributed by atoms with E-state index in [0.29, 0.717) is 11.4 Å². The quantitative estimate of drug-likeness (QED) is 0.833. The first-order chi connectivity index (χ1) is 11.1. The molecule has 1 amide bonds. The maximum atomic E-state index is 11.9. The molecule has 0 aliphatic carbocycles. The van der Waals surface area contributed by atoms with Crippen molar-refractivity contribution in [1.29, 1.82) is 0 Å².